The van der Waals surface area contributed by atoms with Gasteiger partial charge in [0, 0.05) is 24.0 Å². The fraction of sp³-hybridized carbons (Fsp3) is 0.200. The van der Waals surface area contributed by atoms with Gasteiger partial charge in [-0.1, -0.05) is 0 Å². The maximum Gasteiger partial charge on any atom is 0.263 e. The molecule has 2 heterocycles. The molecule has 82 valence electrons. The summed E-state index contributed by atoms with van der Waals surface area (Å²) in [6, 6.07) is 0. The van der Waals surface area contributed by atoms with Crippen molar-refractivity contribution in [3.63, 3.8) is 0 Å². The SMILES string of the molecule is CC(=O)c1csc(N2C(=O)C=C(C)C2=O)n1. The van der Waals surface area contributed by atoms with Crippen LogP contribution in [0.1, 0.15) is 24.3 Å². The lowest BCUT2D eigenvalue weighted by Crippen LogP contribution is -2.30. The molecule has 0 saturated heterocycles. The minimum absolute atomic E-state index is 0.189. The van der Waals surface area contributed by atoms with E-state index in [0.29, 0.717) is 5.57 Å². The molecule has 2 rings (SSSR count). The lowest BCUT2D eigenvalue weighted by Gasteiger charge is -2.09. The van der Waals surface area contributed by atoms with Crippen LogP contribution in [0.2, 0.25) is 0 Å². The number of carbonyl (C=O) groups is 3. The van der Waals surface area contributed by atoms with Gasteiger partial charge in [0.25, 0.3) is 11.8 Å². The lowest BCUT2D eigenvalue weighted by atomic mass is 10.3. The Kier molecular flexibility index (Phi) is 2.43. The van der Waals surface area contributed by atoms with Gasteiger partial charge in [0.15, 0.2) is 10.9 Å². The van der Waals surface area contributed by atoms with Crippen LogP contribution >= 0.6 is 11.3 Å². The average Bonchev–Trinajstić information content (AvgIpc) is 2.74. The summed E-state index contributed by atoms with van der Waals surface area (Å²) in [4.78, 5) is 39.1. The summed E-state index contributed by atoms with van der Waals surface area (Å²) in [5, 5.41) is 1.78. The van der Waals surface area contributed by atoms with Crippen LogP contribution in [0.5, 0.6) is 0 Å². The van der Waals surface area contributed by atoms with E-state index in [-0.39, 0.29) is 22.5 Å². The maximum atomic E-state index is 11.6. The van der Waals surface area contributed by atoms with Gasteiger partial charge in [-0.2, -0.15) is 0 Å². The standard InChI is InChI=1S/C10H8N2O3S/c1-5-3-8(14)12(9(5)15)10-11-7(4-16-10)6(2)13/h3-4H,1-2H3. The van der Waals surface area contributed by atoms with E-state index >= 15 is 0 Å². The van der Waals surface area contributed by atoms with Gasteiger partial charge in [0.2, 0.25) is 0 Å². The molecule has 1 aliphatic heterocycles. The molecule has 0 bridgehead atoms. The van der Waals surface area contributed by atoms with Gasteiger partial charge in [0.05, 0.1) is 0 Å². The summed E-state index contributed by atoms with van der Waals surface area (Å²) in [5.41, 5.74) is 0.648. The van der Waals surface area contributed by atoms with Gasteiger partial charge >= 0.3 is 0 Å². The maximum absolute atomic E-state index is 11.6. The summed E-state index contributed by atoms with van der Waals surface area (Å²) in [5.74, 6) is -0.979. The Morgan fingerprint density at radius 1 is 1.44 bits per heavy atom. The Bertz CT molecular complexity index is 530. The smallest absolute Gasteiger partial charge is 0.263 e. The molecule has 0 radical (unpaired) electrons. The van der Waals surface area contributed by atoms with E-state index in [1.54, 1.807) is 6.92 Å². The molecule has 2 amide bonds. The number of hydrogen-bond donors (Lipinski definition) is 0. The highest BCUT2D eigenvalue weighted by Gasteiger charge is 2.32. The molecule has 6 heteroatoms. The van der Waals surface area contributed by atoms with Crippen LogP contribution in [0, 0.1) is 0 Å². The second-order valence-corrected chi connectivity index (χ2v) is 4.21. The molecule has 0 unspecified atom stereocenters. The zero-order valence-corrected chi connectivity index (χ0v) is 9.50. The van der Waals surface area contributed by atoms with Gasteiger partial charge in [-0.3, -0.25) is 14.4 Å². The normalized spacial score (nSPS) is 15.6. The first-order chi connectivity index (χ1) is 7.50. The van der Waals surface area contributed by atoms with Gasteiger partial charge in [0.1, 0.15) is 5.69 Å². The zero-order chi connectivity index (χ0) is 11.9. The first-order valence-corrected chi connectivity index (χ1v) is 5.42. The van der Waals surface area contributed by atoms with Gasteiger partial charge in [-0.15, -0.1) is 11.3 Å². The van der Waals surface area contributed by atoms with Crippen molar-refractivity contribution in [2.45, 2.75) is 13.8 Å². The fourth-order valence-corrected chi connectivity index (χ4v) is 2.16. The van der Waals surface area contributed by atoms with Crippen molar-refractivity contribution in [1.29, 1.82) is 0 Å². The number of ketones is 1. The van der Waals surface area contributed by atoms with Crippen molar-refractivity contribution in [2.24, 2.45) is 0 Å². The zero-order valence-electron chi connectivity index (χ0n) is 8.68. The Labute approximate surface area is 95.4 Å². The third kappa shape index (κ3) is 1.57. The topological polar surface area (TPSA) is 67.3 Å². The molecule has 16 heavy (non-hydrogen) atoms. The minimum atomic E-state index is -0.410. The van der Waals surface area contributed by atoms with E-state index in [0.717, 1.165) is 16.2 Å². The summed E-state index contributed by atoms with van der Waals surface area (Å²) in [6.45, 7) is 2.95. The number of nitrogens with zero attached hydrogens (tertiary/aromatic N) is 2. The number of carbonyl (C=O) groups excluding carboxylic acids is 3. The van der Waals surface area contributed by atoms with Crippen LogP contribution in [0.25, 0.3) is 0 Å². The first kappa shape index (κ1) is 10.7. The van der Waals surface area contributed by atoms with Crippen molar-refractivity contribution in [2.75, 3.05) is 4.90 Å². The van der Waals surface area contributed by atoms with Crippen molar-refractivity contribution in [3.8, 4) is 0 Å². The summed E-state index contributed by atoms with van der Waals surface area (Å²) in [6.07, 6.45) is 1.26. The van der Waals surface area contributed by atoms with E-state index in [4.69, 9.17) is 0 Å². The second kappa shape index (κ2) is 3.64. The molecule has 0 aliphatic carbocycles. The number of hydrogen-bond acceptors (Lipinski definition) is 5. The van der Waals surface area contributed by atoms with Crippen LogP contribution in [0.3, 0.4) is 0 Å². The van der Waals surface area contributed by atoms with E-state index in [9.17, 15) is 14.4 Å². The van der Waals surface area contributed by atoms with Crippen molar-refractivity contribution in [3.05, 3.63) is 22.7 Å². The molecule has 0 atom stereocenters. The van der Waals surface area contributed by atoms with Crippen LogP contribution in [-0.4, -0.2) is 22.6 Å². The number of aromatic nitrogens is 1. The van der Waals surface area contributed by atoms with Crippen molar-refractivity contribution >= 4 is 34.1 Å². The molecule has 0 aromatic carbocycles. The highest BCUT2D eigenvalue weighted by Crippen LogP contribution is 2.25. The summed E-state index contributed by atoms with van der Waals surface area (Å²) in [7, 11) is 0. The molecule has 1 aliphatic rings. The molecule has 0 N–H and O–H groups in total. The van der Waals surface area contributed by atoms with Gasteiger partial charge in [-0.25, -0.2) is 9.88 Å². The van der Waals surface area contributed by atoms with Crippen molar-refractivity contribution < 1.29 is 14.4 Å². The molecular formula is C10H8N2O3S. The van der Waals surface area contributed by atoms with E-state index in [1.807, 2.05) is 0 Å². The monoisotopic (exact) mass is 236 g/mol. The summed E-state index contributed by atoms with van der Waals surface area (Å²) >= 11 is 1.10. The highest BCUT2D eigenvalue weighted by molar-refractivity contribution is 7.14. The van der Waals surface area contributed by atoms with Crippen LogP contribution < -0.4 is 4.90 Å². The third-order valence-corrected chi connectivity index (χ3v) is 2.97. The van der Waals surface area contributed by atoms with Crippen LogP contribution in [-0.2, 0) is 9.59 Å². The third-order valence-electron chi connectivity index (χ3n) is 2.14. The Morgan fingerprint density at radius 2 is 2.12 bits per heavy atom. The molecule has 1 aromatic heterocycles. The number of rotatable bonds is 2. The number of anilines is 1. The minimum Gasteiger partial charge on any atom is -0.293 e. The largest absolute Gasteiger partial charge is 0.293 e. The van der Waals surface area contributed by atoms with E-state index < -0.39 is 5.91 Å². The molecule has 0 spiro atoms. The number of imide groups is 1. The molecule has 5 nitrogen and oxygen atoms in total. The Morgan fingerprint density at radius 3 is 2.56 bits per heavy atom. The quantitative estimate of drug-likeness (QED) is 0.571. The van der Waals surface area contributed by atoms with Crippen molar-refractivity contribution in [1.82, 2.24) is 4.98 Å². The molecule has 0 saturated carbocycles. The predicted octanol–water partition coefficient (Wildman–Crippen LogP) is 1.17. The average molecular weight is 236 g/mol. The second-order valence-electron chi connectivity index (χ2n) is 3.38. The van der Waals surface area contributed by atoms with Crippen LogP contribution in [0.15, 0.2) is 17.0 Å². The molecular weight excluding hydrogens is 228 g/mol. The number of thiazole rings is 1. The number of Topliss-reactive ketones (excluding diaryl/α,β-unsaturated/α-hetero) is 1. The lowest BCUT2D eigenvalue weighted by molar-refractivity contribution is -0.120. The Hall–Kier alpha value is -1.82. The number of amides is 2. The van der Waals surface area contributed by atoms with Gasteiger partial charge in [-0.05, 0) is 6.92 Å². The molecule has 0 fully saturated rings. The van der Waals surface area contributed by atoms with Crippen LogP contribution in [0.4, 0.5) is 5.13 Å². The van der Waals surface area contributed by atoms with E-state index in [2.05, 4.69) is 4.98 Å². The summed E-state index contributed by atoms with van der Waals surface area (Å²) < 4.78 is 0. The molecule has 1 aromatic rings. The van der Waals surface area contributed by atoms with Gasteiger partial charge < -0.3 is 0 Å². The van der Waals surface area contributed by atoms with E-state index in [1.165, 1.54) is 18.4 Å². The predicted molar refractivity (Wildman–Crippen MR) is 58.4 cm³/mol. The highest BCUT2D eigenvalue weighted by atomic mass is 32.1. The Balaban J connectivity index is 2.36. The first-order valence-electron chi connectivity index (χ1n) is 4.54. The fourth-order valence-electron chi connectivity index (χ4n) is 1.30.